The maximum Gasteiger partial charge on any atom is 0.417 e. The first-order valence-corrected chi connectivity index (χ1v) is 6.68. The molecule has 0 atom stereocenters. The molecular formula is C15H17F3O. The zero-order chi connectivity index (χ0) is 13.9. The average Bonchev–Trinajstić information content (AvgIpc) is 2.39. The molecule has 0 unspecified atom stereocenters. The van der Waals surface area contributed by atoms with E-state index < -0.39 is 11.7 Å². The van der Waals surface area contributed by atoms with Crippen LogP contribution in [0.3, 0.4) is 0 Å². The highest BCUT2D eigenvalue weighted by Crippen LogP contribution is 2.34. The molecule has 2 rings (SSSR count). The van der Waals surface area contributed by atoms with E-state index in [-0.39, 0.29) is 23.7 Å². The van der Waals surface area contributed by atoms with Crippen LogP contribution in [0.4, 0.5) is 13.2 Å². The van der Waals surface area contributed by atoms with Crippen LogP contribution in [-0.2, 0) is 6.18 Å². The summed E-state index contributed by atoms with van der Waals surface area (Å²) in [5.74, 6) is -0.123. The Labute approximate surface area is 110 Å². The normalized spacial score (nSPS) is 17.4. The van der Waals surface area contributed by atoms with Gasteiger partial charge in [-0.1, -0.05) is 50.3 Å². The molecule has 0 radical (unpaired) electrons. The van der Waals surface area contributed by atoms with Crippen molar-refractivity contribution in [2.45, 2.75) is 44.7 Å². The smallest absolute Gasteiger partial charge is 0.294 e. The predicted octanol–water partition coefficient (Wildman–Crippen LogP) is 4.86. The van der Waals surface area contributed by atoms with Gasteiger partial charge < -0.3 is 0 Å². The fraction of sp³-hybridized carbons (Fsp3) is 0.533. The van der Waals surface area contributed by atoms with Crippen LogP contribution >= 0.6 is 0 Å². The minimum atomic E-state index is -4.46. The number of rotatable bonds is 3. The van der Waals surface area contributed by atoms with Crippen molar-refractivity contribution >= 4 is 5.78 Å². The molecule has 0 amide bonds. The number of alkyl halides is 3. The Morgan fingerprint density at radius 2 is 1.74 bits per heavy atom. The lowest BCUT2D eigenvalue weighted by Crippen LogP contribution is -2.17. The van der Waals surface area contributed by atoms with Gasteiger partial charge in [0.25, 0.3) is 0 Å². The van der Waals surface area contributed by atoms with Crippen LogP contribution < -0.4 is 0 Å². The summed E-state index contributed by atoms with van der Waals surface area (Å²) in [4.78, 5) is 12.1. The number of Topliss-reactive ketones (excluding diaryl/α,β-unsaturated/α-hetero) is 1. The molecular weight excluding hydrogens is 253 g/mol. The van der Waals surface area contributed by atoms with Crippen molar-refractivity contribution in [1.29, 1.82) is 0 Å². The fourth-order valence-corrected chi connectivity index (χ4v) is 2.74. The number of hydrogen-bond acceptors (Lipinski definition) is 1. The number of benzene rings is 1. The maximum atomic E-state index is 12.8. The number of ketones is 1. The van der Waals surface area contributed by atoms with Gasteiger partial charge in [0.1, 0.15) is 0 Å². The van der Waals surface area contributed by atoms with Crippen LogP contribution in [0.5, 0.6) is 0 Å². The van der Waals surface area contributed by atoms with Gasteiger partial charge in [-0.25, -0.2) is 0 Å². The van der Waals surface area contributed by atoms with Crippen LogP contribution in [0, 0.1) is 5.92 Å². The summed E-state index contributed by atoms with van der Waals surface area (Å²) < 4.78 is 38.5. The first-order valence-electron chi connectivity index (χ1n) is 6.68. The van der Waals surface area contributed by atoms with E-state index in [1.165, 1.54) is 24.6 Å². The summed E-state index contributed by atoms with van der Waals surface area (Å²) in [7, 11) is 0. The van der Waals surface area contributed by atoms with Crippen molar-refractivity contribution in [2.24, 2.45) is 5.92 Å². The first-order chi connectivity index (χ1) is 8.98. The zero-order valence-electron chi connectivity index (χ0n) is 10.7. The minimum absolute atomic E-state index is 0.180. The molecule has 1 aliphatic rings. The van der Waals surface area contributed by atoms with Gasteiger partial charge in [0.2, 0.25) is 0 Å². The number of hydrogen-bond donors (Lipinski definition) is 0. The molecule has 0 heterocycles. The van der Waals surface area contributed by atoms with Gasteiger partial charge in [0.15, 0.2) is 5.78 Å². The molecule has 1 saturated carbocycles. The van der Waals surface area contributed by atoms with E-state index in [1.807, 2.05) is 0 Å². The second-order valence-electron chi connectivity index (χ2n) is 5.17. The van der Waals surface area contributed by atoms with Crippen LogP contribution in [-0.4, -0.2) is 5.78 Å². The molecule has 4 heteroatoms. The zero-order valence-corrected chi connectivity index (χ0v) is 10.7. The fourth-order valence-electron chi connectivity index (χ4n) is 2.74. The Balaban J connectivity index is 2.14. The molecule has 1 aromatic carbocycles. The quantitative estimate of drug-likeness (QED) is 0.717. The van der Waals surface area contributed by atoms with Crippen LogP contribution in [0.25, 0.3) is 0 Å². The third kappa shape index (κ3) is 3.58. The highest BCUT2D eigenvalue weighted by molar-refractivity contribution is 5.97. The highest BCUT2D eigenvalue weighted by Gasteiger charge is 2.35. The second kappa shape index (κ2) is 5.76. The van der Waals surface area contributed by atoms with Crippen molar-refractivity contribution in [3.63, 3.8) is 0 Å². The number of carbonyl (C=O) groups excluding carboxylic acids is 1. The lowest BCUT2D eigenvalue weighted by molar-refractivity contribution is -0.137. The standard InChI is InChI=1S/C15H17F3O/c16-15(17,18)13-9-5-4-8-12(13)14(19)10-11-6-2-1-3-7-11/h4-5,8-9,11H,1-3,6-7,10H2. The molecule has 104 valence electrons. The van der Waals surface area contributed by atoms with E-state index in [0.717, 1.165) is 31.7 Å². The van der Waals surface area contributed by atoms with E-state index in [1.54, 1.807) is 0 Å². The van der Waals surface area contributed by atoms with Crippen molar-refractivity contribution in [1.82, 2.24) is 0 Å². The Kier molecular flexibility index (Phi) is 4.27. The Morgan fingerprint density at radius 3 is 2.37 bits per heavy atom. The summed E-state index contributed by atoms with van der Waals surface area (Å²) in [6.07, 6.45) is 1.04. The lowest BCUT2D eigenvalue weighted by Gasteiger charge is -2.21. The largest absolute Gasteiger partial charge is 0.417 e. The SMILES string of the molecule is O=C(CC1CCCCC1)c1ccccc1C(F)(F)F. The molecule has 1 fully saturated rings. The van der Waals surface area contributed by atoms with Gasteiger partial charge >= 0.3 is 6.18 Å². The molecule has 1 aromatic rings. The van der Waals surface area contributed by atoms with E-state index >= 15 is 0 Å². The highest BCUT2D eigenvalue weighted by atomic mass is 19.4. The molecule has 0 aromatic heterocycles. The van der Waals surface area contributed by atoms with Gasteiger partial charge in [0.05, 0.1) is 5.56 Å². The Bertz CT molecular complexity index is 445. The number of halogens is 3. The summed E-state index contributed by atoms with van der Waals surface area (Å²) >= 11 is 0. The van der Waals surface area contributed by atoms with Crippen molar-refractivity contribution < 1.29 is 18.0 Å². The van der Waals surface area contributed by atoms with E-state index in [9.17, 15) is 18.0 Å². The molecule has 0 N–H and O–H groups in total. The summed E-state index contributed by atoms with van der Waals surface area (Å²) in [5, 5.41) is 0. The Hall–Kier alpha value is -1.32. The van der Waals surface area contributed by atoms with E-state index in [4.69, 9.17) is 0 Å². The van der Waals surface area contributed by atoms with Gasteiger partial charge in [0, 0.05) is 12.0 Å². The van der Waals surface area contributed by atoms with E-state index in [2.05, 4.69) is 0 Å². The molecule has 0 bridgehead atoms. The maximum absolute atomic E-state index is 12.8. The average molecular weight is 270 g/mol. The van der Waals surface area contributed by atoms with Gasteiger partial charge in [-0.2, -0.15) is 13.2 Å². The third-order valence-corrected chi connectivity index (χ3v) is 3.73. The van der Waals surface area contributed by atoms with Crippen LogP contribution in [0.1, 0.15) is 54.4 Å². The predicted molar refractivity (Wildman–Crippen MR) is 67.0 cm³/mol. The van der Waals surface area contributed by atoms with Gasteiger partial charge in [-0.3, -0.25) is 4.79 Å². The van der Waals surface area contributed by atoms with Gasteiger partial charge in [-0.15, -0.1) is 0 Å². The molecule has 0 saturated heterocycles. The molecule has 0 aliphatic heterocycles. The summed E-state index contributed by atoms with van der Waals surface area (Å²) in [6, 6.07) is 5.08. The summed E-state index contributed by atoms with van der Waals surface area (Å²) in [5.41, 5.74) is -0.989. The van der Waals surface area contributed by atoms with Crippen LogP contribution in [0.2, 0.25) is 0 Å². The molecule has 1 nitrogen and oxygen atoms in total. The topological polar surface area (TPSA) is 17.1 Å². The Morgan fingerprint density at radius 1 is 1.11 bits per heavy atom. The summed E-state index contributed by atoms with van der Waals surface area (Å²) in [6.45, 7) is 0. The van der Waals surface area contributed by atoms with Crippen LogP contribution in [0.15, 0.2) is 24.3 Å². The minimum Gasteiger partial charge on any atom is -0.294 e. The third-order valence-electron chi connectivity index (χ3n) is 3.73. The number of carbonyl (C=O) groups is 1. The molecule has 19 heavy (non-hydrogen) atoms. The second-order valence-corrected chi connectivity index (χ2v) is 5.17. The first kappa shape index (κ1) is 14.1. The van der Waals surface area contributed by atoms with Gasteiger partial charge in [-0.05, 0) is 12.0 Å². The van der Waals surface area contributed by atoms with E-state index in [0.29, 0.717) is 0 Å². The molecule has 0 spiro atoms. The van der Waals surface area contributed by atoms with Crippen molar-refractivity contribution in [2.75, 3.05) is 0 Å². The molecule has 1 aliphatic carbocycles. The van der Waals surface area contributed by atoms with Crippen molar-refractivity contribution in [3.05, 3.63) is 35.4 Å². The van der Waals surface area contributed by atoms with Crippen molar-refractivity contribution in [3.8, 4) is 0 Å². The monoisotopic (exact) mass is 270 g/mol. The lowest BCUT2D eigenvalue weighted by atomic mass is 9.84.